The number of aromatic nitrogens is 1. The van der Waals surface area contributed by atoms with E-state index >= 15 is 0 Å². The van der Waals surface area contributed by atoms with Gasteiger partial charge in [-0.2, -0.15) is 0 Å². The molecule has 1 atom stereocenters. The van der Waals surface area contributed by atoms with Crippen LogP contribution in [-0.4, -0.2) is 55.8 Å². The number of nitrogens with zero attached hydrogens (tertiary/aromatic N) is 2. The zero-order valence-corrected chi connectivity index (χ0v) is 19.0. The lowest BCUT2D eigenvalue weighted by Gasteiger charge is -2.20. The third-order valence-corrected chi connectivity index (χ3v) is 5.24. The maximum Gasteiger partial charge on any atom is 0.240 e. The summed E-state index contributed by atoms with van der Waals surface area (Å²) < 4.78 is 15.7. The Kier molecular flexibility index (Phi) is 8.82. The molecule has 0 spiro atoms. The van der Waals surface area contributed by atoms with Crippen LogP contribution in [-0.2, 0) is 25.7 Å². The molecule has 3 amide bonds. The van der Waals surface area contributed by atoms with Gasteiger partial charge >= 0.3 is 0 Å². The van der Waals surface area contributed by atoms with Gasteiger partial charge in [0.25, 0.3) is 0 Å². The molecule has 0 saturated carbocycles. The summed E-state index contributed by atoms with van der Waals surface area (Å²) in [6, 6.07) is 8.94. The number of hydrogen-bond donors (Lipinski definition) is 2. The molecule has 1 saturated heterocycles. The molecule has 2 N–H and O–H groups in total. The van der Waals surface area contributed by atoms with Gasteiger partial charge in [0.1, 0.15) is 18.1 Å². The van der Waals surface area contributed by atoms with Crippen LogP contribution in [0.5, 0.6) is 5.75 Å². The smallest absolute Gasteiger partial charge is 0.240 e. The minimum atomic E-state index is -0.396. The minimum Gasteiger partial charge on any atom is -0.497 e. The molecule has 10 nitrogen and oxygen atoms in total. The predicted molar refractivity (Wildman–Crippen MR) is 120 cm³/mol. The molecule has 2 aromatic rings. The Hall–Kier alpha value is -3.40. The maximum absolute atomic E-state index is 12.9. The molecule has 0 radical (unpaired) electrons. The summed E-state index contributed by atoms with van der Waals surface area (Å²) in [5.74, 6) is 0.452. The fraction of sp³-hybridized carbons (Fsp3) is 0.478. The van der Waals surface area contributed by atoms with Crippen LogP contribution in [0, 0.1) is 6.92 Å². The first-order valence-electron chi connectivity index (χ1n) is 11.0. The van der Waals surface area contributed by atoms with Crippen molar-refractivity contribution in [3.8, 4) is 5.75 Å². The molecule has 1 aliphatic rings. The van der Waals surface area contributed by atoms with E-state index in [2.05, 4.69) is 15.8 Å². The van der Waals surface area contributed by atoms with Crippen LogP contribution in [0.3, 0.4) is 0 Å². The molecule has 1 unspecified atom stereocenters. The van der Waals surface area contributed by atoms with E-state index in [0.29, 0.717) is 31.2 Å². The van der Waals surface area contributed by atoms with E-state index in [9.17, 15) is 14.4 Å². The zero-order chi connectivity index (χ0) is 23.6. The number of amides is 3. The fourth-order valence-electron chi connectivity index (χ4n) is 3.44. The Bertz CT molecular complexity index is 954. The molecule has 1 aliphatic heterocycles. The van der Waals surface area contributed by atoms with E-state index in [1.807, 2.05) is 24.3 Å². The van der Waals surface area contributed by atoms with Crippen molar-refractivity contribution in [2.24, 2.45) is 0 Å². The molecule has 33 heavy (non-hydrogen) atoms. The molecule has 1 aromatic carbocycles. The minimum absolute atomic E-state index is 0.000625. The van der Waals surface area contributed by atoms with E-state index in [4.69, 9.17) is 14.0 Å². The second kappa shape index (κ2) is 12.0. The average molecular weight is 459 g/mol. The van der Waals surface area contributed by atoms with E-state index in [0.717, 1.165) is 18.4 Å². The number of ether oxygens (including phenoxy) is 2. The van der Waals surface area contributed by atoms with Crippen LogP contribution in [0.15, 0.2) is 34.9 Å². The van der Waals surface area contributed by atoms with Crippen molar-refractivity contribution in [2.45, 2.75) is 45.3 Å². The predicted octanol–water partition coefficient (Wildman–Crippen LogP) is 1.72. The molecular weight excluding hydrogens is 428 g/mol. The summed E-state index contributed by atoms with van der Waals surface area (Å²) in [6.07, 6.45) is 1.78. The van der Waals surface area contributed by atoms with Gasteiger partial charge in [0, 0.05) is 38.6 Å². The largest absolute Gasteiger partial charge is 0.497 e. The number of aryl methyl sites for hydroxylation is 1. The van der Waals surface area contributed by atoms with Gasteiger partial charge in [-0.25, -0.2) is 0 Å². The van der Waals surface area contributed by atoms with Gasteiger partial charge in [-0.05, 0) is 37.5 Å². The number of carbonyl (C=O) groups is 3. The Balaban J connectivity index is 1.51. The number of rotatable bonds is 11. The van der Waals surface area contributed by atoms with Gasteiger partial charge in [-0.1, -0.05) is 17.3 Å². The highest BCUT2D eigenvalue weighted by Gasteiger charge is 2.24. The van der Waals surface area contributed by atoms with Crippen LogP contribution in [0.4, 0.5) is 5.82 Å². The number of hydrogen-bond acceptors (Lipinski definition) is 7. The van der Waals surface area contributed by atoms with Gasteiger partial charge < -0.3 is 24.6 Å². The lowest BCUT2D eigenvalue weighted by atomic mass is 10.2. The fourth-order valence-corrected chi connectivity index (χ4v) is 3.44. The summed E-state index contributed by atoms with van der Waals surface area (Å²) >= 11 is 0. The summed E-state index contributed by atoms with van der Waals surface area (Å²) in [7, 11) is 1.58. The maximum atomic E-state index is 12.9. The summed E-state index contributed by atoms with van der Waals surface area (Å²) in [4.78, 5) is 38.8. The quantitative estimate of drug-likeness (QED) is 0.526. The number of methoxy groups -OCH3 is 1. The van der Waals surface area contributed by atoms with Crippen LogP contribution in [0.1, 0.15) is 37.0 Å². The van der Waals surface area contributed by atoms with E-state index < -0.39 is 5.91 Å². The van der Waals surface area contributed by atoms with Crippen molar-refractivity contribution in [3.05, 3.63) is 41.7 Å². The topological polar surface area (TPSA) is 123 Å². The first kappa shape index (κ1) is 24.2. The van der Waals surface area contributed by atoms with Gasteiger partial charge in [-0.3, -0.25) is 19.3 Å². The molecule has 10 heteroatoms. The monoisotopic (exact) mass is 458 g/mol. The highest BCUT2D eigenvalue weighted by Crippen LogP contribution is 2.16. The van der Waals surface area contributed by atoms with E-state index in [1.54, 1.807) is 20.1 Å². The first-order chi connectivity index (χ1) is 15.9. The van der Waals surface area contributed by atoms with Crippen molar-refractivity contribution >= 4 is 23.5 Å². The first-order valence-corrected chi connectivity index (χ1v) is 11.0. The Morgan fingerprint density at radius 2 is 2.03 bits per heavy atom. The van der Waals surface area contributed by atoms with Gasteiger partial charge in [0.2, 0.25) is 17.7 Å². The van der Waals surface area contributed by atoms with Gasteiger partial charge in [-0.15, -0.1) is 0 Å². The van der Waals surface area contributed by atoms with Crippen LogP contribution in [0.2, 0.25) is 0 Å². The second-order valence-corrected chi connectivity index (χ2v) is 7.84. The number of nitrogens with one attached hydrogen (secondary N) is 2. The van der Waals surface area contributed by atoms with Crippen molar-refractivity contribution in [1.29, 1.82) is 0 Å². The van der Waals surface area contributed by atoms with E-state index in [-0.39, 0.29) is 43.1 Å². The normalized spacial score (nSPS) is 15.2. The molecule has 3 rings (SSSR count). The van der Waals surface area contributed by atoms with Crippen molar-refractivity contribution in [2.75, 3.05) is 31.7 Å². The summed E-state index contributed by atoms with van der Waals surface area (Å²) in [5, 5.41) is 9.44. The highest BCUT2D eigenvalue weighted by atomic mass is 16.5. The SMILES string of the molecule is COc1cccc(CNC(=O)CCC(=O)N(CC(=O)NCC2CCCO2)c2cc(C)on2)c1. The van der Waals surface area contributed by atoms with Gasteiger partial charge in [0.05, 0.1) is 13.2 Å². The van der Waals surface area contributed by atoms with Crippen molar-refractivity contribution in [1.82, 2.24) is 15.8 Å². The zero-order valence-electron chi connectivity index (χ0n) is 19.0. The number of carbonyl (C=O) groups excluding carboxylic acids is 3. The third kappa shape index (κ3) is 7.60. The van der Waals surface area contributed by atoms with Crippen LogP contribution < -0.4 is 20.3 Å². The Morgan fingerprint density at radius 1 is 1.18 bits per heavy atom. The van der Waals surface area contributed by atoms with Gasteiger partial charge in [0.15, 0.2) is 5.82 Å². The summed E-state index contributed by atoms with van der Waals surface area (Å²) in [6.45, 7) is 2.89. The molecular formula is C23H30N4O6. The molecule has 0 aliphatic carbocycles. The third-order valence-electron chi connectivity index (χ3n) is 5.24. The molecule has 1 aromatic heterocycles. The highest BCUT2D eigenvalue weighted by molar-refractivity contribution is 5.99. The standard InChI is InChI=1S/C23H30N4O6/c1-16-11-20(26-33-16)27(15-22(29)25-14-19-7-4-10-32-19)23(30)9-8-21(28)24-13-17-5-3-6-18(12-17)31-2/h3,5-6,11-12,19H,4,7-10,13-15H2,1-2H3,(H,24,28)(H,25,29). The average Bonchev–Trinajstić information content (AvgIpc) is 3.50. The van der Waals surface area contributed by atoms with E-state index in [1.165, 1.54) is 4.90 Å². The molecule has 1 fully saturated rings. The molecule has 2 heterocycles. The molecule has 178 valence electrons. The van der Waals surface area contributed by atoms with Crippen LogP contribution in [0.25, 0.3) is 0 Å². The lowest BCUT2D eigenvalue weighted by Crippen LogP contribution is -2.43. The Labute approximate surface area is 192 Å². The Morgan fingerprint density at radius 3 is 2.73 bits per heavy atom. The van der Waals surface area contributed by atoms with Crippen molar-refractivity contribution < 1.29 is 28.4 Å². The number of anilines is 1. The molecule has 0 bridgehead atoms. The lowest BCUT2D eigenvalue weighted by molar-refractivity contribution is -0.126. The van der Waals surface area contributed by atoms with Crippen LogP contribution >= 0.6 is 0 Å². The second-order valence-electron chi connectivity index (χ2n) is 7.84. The van der Waals surface area contributed by atoms with Crippen molar-refractivity contribution in [3.63, 3.8) is 0 Å². The number of benzene rings is 1. The summed E-state index contributed by atoms with van der Waals surface area (Å²) in [5.41, 5.74) is 0.886.